The number of hydrogen-bond acceptors (Lipinski definition) is 2. The Labute approximate surface area is 91.4 Å². The molecule has 0 radical (unpaired) electrons. The van der Waals surface area contributed by atoms with E-state index in [0.29, 0.717) is 25.8 Å². The maximum Gasteiger partial charge on any atom is 0.182 e. The molecule has 1 N–H and O–H groups in total. The number of anilines is 1. The molecule has 0 spiro atoms. The monoisotopic (exact) mass is 231 g/mol. The van der Waals surface area contributed by atoms with E-state index < -0.39 is 17.5 Å². The second kappa shape index (κ2) is 4.74. The zero-order valence-electron chi connectivity index (χ0n) is 8.60. The number of hydrogen-bond donors (Lipinski definition) is 1. The molecular weight excluding hydrogens is 219 g/mol. The van der Waals surface area contributed by atoms with Gasteiger partial charge in [-0.15, -0.1) is 0 Å². The molecule has 1 aliphatic rings. The minimum absolute atomic E-state index is 0.135. The maximum absolute atomic E-state index is 13.2. The third-order valence-electron chi connectivity index (χ3n) is 2.60. The van der Waals surface area contributed by atoms with E-state index in [1.807, 2.05) is 0 Å². The van der Waals surface area contributed by atoms with Crippen LogP contribution in [0.3, 0.4) is 0 Å². The lowest BCUT2D eigenvalue weighted by Gasteiger charge is -2.11. The lowest BCUT2D eigenvalue weighted by molar-refractivity contribution is 0.187. The van der Waals surface area contributed by atoms with Crippen LogP contribution in [0.5, 0.6) is 0 Å². The van der Waals surface area contributed by atoms with Gasteiger partial charge in [0.25, 0.3) is 0 Å². The smallest absolute Gasteiger partial charge is 0.182 e. The first-order valence-corrected chi connectivity index (χ1v) is 5.13. The third-order valence-corrected chi connectivity index (χ3v) is 2.60. The van der Waals surface area contributed by atoms with Crippen LogP contribution in [0.2, 0.25) is 0 Å². The summed E-state index contributed by atoms with van der Waals surface area (Å²) in [6.07, 6.45) is 0.881. The average molecular weight is 231 g/mol. The van der Waals surface area contributed by atoms with E-state index in [4.69, 9.17) is 4.74 Å². The summed E-state index contributed by atoms with van der Waals surface area (Å²) in [7, 11) is 0. The first kappa shape index (κ1) is 11.3. The Kier molecular flexibility index (Phi) is 3.33. The molecule has 0 aliphatic carbocycles. The van der Waals surface area contributed by atoms with Gasteiger partial charge >= 0.3 is 0 Å². The van der Waals surface area contributed by atoms with Gasteiger partial charge in [0.15, 0.2) is 11.6 Å². The first-order chi connectivity index (χ1) is 7.66. The molecule has 0 bridgehead atoms. The summed E-state index contributed by atoms with van der Waals surface area (Å²) in [5, 5.41) is 2.70. The van der Waals surface area contributed by atoms with E-state index in [2.05, 4.69) is 5.32 Å². The fourth-order valence-electron chi connectivity index (χ4n) is 1.68. The van der Waals surface area contributed by atoms with E-state index in [1.165, 1.54) is 0 Å². The van der Waals surface area contributed by atoms with Crippen LogP contribution in [0.4, 0.5) is 18.9 Å². The molecule has 1 aromatic carbocycles. The lowest BCUT2D eigenvalue weighted by atomic mass is 10.1. The summed E-state index contributed by atoms with van der Waals surface area (Å²) in [5.41, 5.74) is -0.135. The molecule has 0 amide bonds. The van der Waals surface area contributed by atoms with Crippen molar-refractivity contribution in [2.45, 2.75) is 6.42 Å². The summed E-state index contributed by atoms with van der Waals surface area (Å²) in [5.74, 6) is -2.74. The Bertz CT molecular complexity index is 378. The predicted octanol–water partition coefficient (Wildman–Crippen LogP) is 2.55. The molecule has 1 fully saturated rings. The lowest BCUT2D eigenvalue weighted by Crippen LogP contribution is -2.15. The highest BCUT2D eigenvalue weighted by molar-refractivity contribution is 5.45. The molecule has 1 aromatic rings. The Morgan fingerprint density at radius 3 is 2.81 bits per heavy atom. The van der Waals surface area contributed by atoms with Crippen LogP contribution in [0.25, 0.3) is 0 Å². The molecule has 1 unspecified atom stereocenters. The molecule has 2 rings (SSSR count). The van der Waals surface area contributed by atoms with E-state index in [9.17, 15) is 13.2 Å². The molecule has 16 heavy (non-hydrogen) atoms. The second-order valence-corrected chi connectivity index (χ2v) is 3.86. The Morgan fingerprint density at radius 2 is 2.12 bits per heavy atom. The van der Waals surface area contributed by atoms with Crippen molar-refractivity contribution in [1.29, 1.82) is 0 Å². The van der Waals surface area contributed by atoms with E-state index in [1.54, 1.807) is 0 Å². The van der Waals surface area contributed by atoms with Crippen LogP contribution >= 0.6 is 0 Å². The molecule has 5 heteroatoms. The molecule has 2 nitrogen and oxygen atoms in total. The van der Waals surface area contributed by atoms with Gasteiger partial charge in [-0.1, -0.05) is 0 Å². The van der Waals surface area contributed by atoms with Gasteiger partial charge in [0.2, 0.25) is 0 Å². The highest BCUT2D eigenvalue weighted by atomic mass is 19.2. The van der Waals surface area contributed by atoms with Gasteiger partial charge in [0, 0.05) is 31.2 Å². The van der Waals surface area contributed by atoms with Crippen molar-refractivity contribution in [1.82, 2.24) is 0 Å². The number of rotatable bonds is 3. The van der Waals surface area contributed by atoms with Crippen LogP contribution < -0.4 is 5.32 Å². The summed E-state index contributed by atoms with van der Waals surface area (Å²) in [4.78, 5) is 0. The van der Waals surface area contributed by atoms with E-state index in [-0.39, 0.29) is 11.6 Å². The number of nitrogens with one attached hydrogen (secondary N) is 1. The highest BCUT2D eigenvalue weighted by Gasteiger charge is 2.17. The van der Waals surface area contributed by atoms with Crippen molar-refractivity contribution >= 4 is 5.69 Å². The maximum atomic E-state index is 13.2. The molecule has 0 saturated carbocycles. The Morgan fingerprint density at radius 1 is 1.31 bits per heavy atom. The van der Waals surface area contributed by atoms with Crippen LogP contribution in [0, 0.1) is 23.4 Å². The Hall–Kier alpha value is -1.23. The largest absolute Gasteiger partial charge is 0.382 e. The Balaban J connectivity index is 2.02. The number of halogens is 3. The standard InChI is InChI=1S/C11H12F3NO/c12-8-3-9(13)11(14)10(4-8)15-5-7-1-2-16-6-7/h3-4,7,15H,1-2,5-6H2. The van der Waals surface area contributed by atoms with Crippen LogP contribution in [0.1, 0.15) is 6.42 Å². The van der Waals surface area contributed by atoms with Crippen molar-refractivity contribution in [3.05, 3.63) is 29.6 Å². The van der Waals surface area contributed by atoms with Crippen LogP contribution in [0.15, 0.2) is 12.1 Å². The molecule has 1 saturated heterocycles. The predicted molar refractivity (Wildman–Crippen MR) is 53.7 cm³/mol. The number of benzene rings is 1. The highest BCUT2D eigenvalue weighted by Crippen LogP contribution is 2.20. The summed E-state index contributed by atoms with van der Waals surface area (Å²) < 4.78 is 44.1. The van der Waals surface area contributed by atoms with Crippen molar-refractivity contribution in [2.24, 2.45) is 5.92 Å². The van der Waals surface area contributed by atoms with Crippen molar-refractivity contribution in [3.8, 4) is 0 Å². The van der Waals surface area contributed by atoms with E-state index in [0.717, 1.165) is 12.5 Å². The summed E-state index contributed by atoms with van der Waals surface area (Å²) in [6, 6.07) is 1.48. The van der Waals surface area contributed by atoms with Crippen LogP contribution in [-0.2, 0) is 4.74 Å². The fourth-order valence-corrected chi connectivity index (χ4v) is 1.68. The second-order valence-electron chi connectivity index (χ2n) is 3.86. The minimum atomic E-state index is -1.18. The van der Waals surface area contributed by atoms with Gasteiger partial charge in [-0.05, 0) is 6.42 Å². The molecular formula is C11H12F3NO. The normalized spacial score (nSPS) is 20.1. The summed E-state index contributed by atoms with van der Waals surface area (Å²) in [6.45, 7) is 1.75. The fraction of sp³-hybridized carbons (Fsp3) is 0.455. The van der Waals surface area contributed by atoms with Crippen molar-refractivity contribution in [2.75, 3.05) is 25.1 Å². The molecule has 88 valence electrons. The zero-order chi connectivity index (χ0) is 11.5. The van der Waals surface area contributed by atoms with E-state index >= 15 is 0 Å². The van der Waals surface area contributed by atoms with Crippen molar-refractivity contribution in [3.63, 3.8) is 0 Å². The SMILES string of the molecule is Fc1cc(F)c(F)c(NCC2CCOC2)c1. The zero-order valence-corrected chi connectivity index (χ0v) is 8.60. The number of ether oxygens (including phenoxy) is 1. The quantitative estimate of drug-likeness (QED) is 0.807. The topological polar surface area (TPSA) is 21.3 Å². The average Bonchev–Trinajstić information content (AvgIpc) is 2.74. The molecule has 1 heterocycles. The molecule has 1 atom stereocenters. The van der Waals surface area contributed by atoms with Gasteiger partial charge < -0.3 is 10.1 Å². The van der Waals surface area contributed by atoms with Gasteiger partial charge in [-0.25, -0.2) is 13.2 Å². The van der Waals surface area contributed by atoms with Crippen LogP contribution in [-0.4, -0.2) is 19.8 Å². The molecule has 0 aromatic heterocycles. The van der Waals surface area contributed by atoms with Gasteiger partial charge in [0.1, 0.15) is 5.82 Å². The minimum Gasteiger partial charge on any atom is -0.382 e. The van der Waals surface area contributed by atoms with Gasteiger partial charge in [-0.2, -0.15) is 0 Å². The first-order valence-electron chi connectivity index (χ1n) is 5.13. The summed E-state index contributed by atoms with van der Waals surface area (Å²) >= 11 is 0. The van der Waals surface area contributed by atoms with Crippen molar-refractivity contribution < 1.29 is 17.9 Å². The third kappa shape index (κ3) is 2.47. The molecule has 1 aliphatic heterocycles. The van der Waals surface area contributed by atoms with Gasteiger partial charge in [-0.3, -0.25) is 0 Å². The van der Waals surface area contributed by atoms with Gasteiger partial charge in [0.05, 0.1) is 12.3 Å².